The molecule has 1 aromatic heterocycles. The van der Waals surface area contributed by atoms with Crippen LogP contribution in [0.15, 0.2) is 29.6 Å². The molecule has 0 saturated carbocycles. The van der Waals surface area contributed by atoms with Crippen molar-refractivity contribution in [3.05, 3.63) is 51.2 Å². The number of rotatable bonds is 2. The molecule has 0 fully saturated rings. The Labute approximate surface area is 117 Å². The first-order valence-corrected chi connectivity index (χ1v) is 7.25. The first-order chi connectivity index (χ1) is 8.96. The Morgan fingerprint density at radius 3 is 2.79 bits per heavy atom. The average molecular weight is 272 g/mol. The van der Waals surface area contributed by atoms with E-state index in [-0.39, 0.29) is 11.4 Å². The molecule has 1 aromatic carbocycles. The second kappa shape index (κ2) is 4.20. The minimum Gasteiger partial charge on any atom is -0.487 e. The van der Waals surface area contributed by atoms with Crippen LogP contribution in [0.3, 0.4) is 0 Å². The van der Waals surface area contributed by atoms with E-state index in [4.69, 9.17) is 4.74 Å². The zero-order chi connectivity index (χ0) is 13.6. The fourth-order valence-corrected chi connectivity index (χ4v) is 3.37. The average Bonchev–Trinajstić information content (AvgIpc) is 2.88. The zero-order valence-corrected chi connectivity index (χ0v) is 12.1. The van der Waals surface area contributed by atoms with E-state index < -0.39 is 0 Å². The lowest BCUT2D eigenvalue weighted by atomic mass is 9.98. The molecule has 0 radical (unpaired) electrons. The fourth-order valence-electron chi connectivity index (χ4n) is 2.49. The Balaban J connectivity index is 1.97. The van der Waals surface area contributed by atoms with Gasteiger partial charge in [0, 0.05) is 12.0 Å². The van der Waals surface area contributed by atoms with Gasteiger partial charge in [-0.05, 0) is 61.5 Å². The summed E-state index contributed by atoms with van der Waals surface area (Å²) in [6.45, 7) is 6.11. The zero-order valence-electron chi connectivity index (χ0n) is 11.3. The van der Waals surface area contributed by atoms with Crippen molar-refractivity contribution in [3.63, 3.8) is 0 Å². The van der Waals surface area contributed by atoms with Crippen LogP contribution >= 0.6 is 11.3 Å². The van der Waals surface area contributed by atoms with Crippen molar-refractivity contribution in [1.29, 1.82) is 0 Å². The van der Waals surface area contributed by atoms with Crippen LogP contribution in [-0.2, 0) is 6.42 Å². The number of carbonyl (C=O) groups is 1. The van der Waals surface area contributed by atoms with Gasteiger partial charge in [-0.2, -0.15) is 0 Å². The summed E-state index contributed by atoms with van der Waals surface area (Å²) in [5.41, 5.74) is 2.77. The molecule has 2 heterocycles. The first kappa shape index (κ1) is 12.4. The molecule has 1 aliphatic heterocycles. The van der Waals surface area contributed by atoms with Crippen molar-refractivity contribution in [2.45, 2.75) is 32.8 Å². The number of ketones is 1. The van der Waals surface area contributed by atoms with E-state index in [1.165, 1.54) is 11.3 Å². The third-order valence-electron chi connectivity index (χ3n) is 3.39. The Morgan fingerprint density at radius 1 is 1.32 bits per heavy atom. The Kier molecular flexibility index (Phi) is 2.75. The minimum absolute atomic E-state index is 0.111. The smallest absolute Gasteiger partial charge is 0.203 e. The number of aryl methyl sites for hydroxylation is 1. The van der Waals surface area contributed by atoms with Crippen LogP contribution in [0.1, 0.15) is 40.2 Å². The van der Waals surface area contributed by atoms with E-state index in [1.54, 1.807) is 0 Å². The molecule has 0 aliphatic carbocycles. The third-order valence-corrected chi connectivity index (χ3v) is 4.41. The second-order valence-corrected chi connectivity index (χ2v) is 6.54. The van der Waals surface area contributed by atoms with Gasteiger partial charge >= 0.3 is 0 Å². The van der Waals surface area contributed by atoms with E-state index >= 15 is 0 Å². The summed E-state index contributed by atoms with van der Waals surface area (Å²) in [5, 5.41) is 1.96. The van der Waals surface area contributed by atoms with E-state index in [1.807, 2.05) is 36.6 Å². The molecular formula is C16H16O2S. The van der Waals surface area contributed by atoms with Gasteiger partial charge < -0.3 is 4.74 Å². The molecule has 1 aliphatic rings. The van der Waals surface area contributed by atoms with Crippen LogP contribution < -0.4 is 4.74 Å². The standard InChI is InChI=1S/C16H16O2S/c1-10-6-7-19-15(10)14(17)11-4-5-13-12(8-11)9-16(2,3)18-13/h4-8H,9H2,1-3H3. The number of ether oxygens (including phenoxy) is 1. The summed E-state index contributed by atoms with van der Waals surface area (Å²) in [6, 6.07) is 7.74. The first-order valence-electron chi connectivity index (χ1n) is 6.37. The topological polar surface area (TPSA) is 26.3 Å². The van der Waals surface area contributed by atoms with E-state index in [0.717, 1.165) is 33.7 Å². The van der Waals surface area contributed by atoms with Crippen molar-refractivity contribution in [3.8, 4) is 5.75 Å². The summed E-state index contributed by atoms with van der Waals surface area (Å²) in [6.07, 6.45) is 0.854. The predicted octanol–water partition coefficient (Wildman–Crippen LogP) is 4.00. The third kappa shape index (κ3) is 2.19. The normalized spacial score (nSPS) is 15.9. The van der Waals surface area contributed by atoms with Gasteiger partial charge in [0.15, 0.2) is 0 Å². The molecular weight excluding hydrogens is 256 g/mol. The molecule has 0 atom stereocenters. The number of fused-ring (bicyclic) bond motifs is 1. The van der Waals surface area contributed by atoms with Gasteiger partial charge in [-0.1, -0.05) is 0 Å². The van der Waals surface area contributed by atoms with Gasteiger partial charge in [-0.15, -0.1) is 11.3 Å². The summed E-state index contributed by atoms with van der Waals surface area (Å²) in [4.78, 5) is 13.3. The molecule has 0 bridgehead atoms. The molecule has 0 amide bonds. The maximum atomic E-state index is 12.5. The van der Waals surface area contributed by atoms with Crippen molar-refractivity contribution in [2.75, 3.05) is 0 Å². The monoisotopic (exact) mass is 272 g/mol. The number of carbonyl (C=O) groups excluding carboxylic acids is 1. The maximum absolute atomic E-state index is 12.5. The van der Waals surface area contributed by atoms with E-state index in [0.29, 0.717) is 0 Å². The van der Waals surface area contributed by atoms with Gasteiger partial charge in [0.1, 0.15) is 11.4 Å². The van der Waals surface area contributed by atoms with Gasteiger partial charge in [-0.3, -0.25) is 4.79 Å². The molecule has 3 rings (SSSR count). The van der Waals surface area contributed by atoms with Crippen molar-refractivity contribution >= 4 is 17.1 Å². The van der Waals surface area contributed by atoms with Crippen molar-refractivity contribution < 1.29 is 9.53 Å². The quantitative estimate of drug-likeness (QED) is 0.772. The summed E-state index contributed by atoms with van der Waals surface area (Å²) in [7, 11) is 0. The van der Waals surface area contributed by atoms with Crippen molar-refractivity contribution in [2.24, 2.45) is 0 Å². The highest BCUT2D eigenvalue weighted by Gasteiger charge is 2.30. The number of hydrogen-bond acceptors (Lipinski definition) is 3. The molecule has 2 aromatic rings. The Bertz CT molecular complexity index is 653. The lowest BCUT2D eigenvalue weighted by Gasteiger charge is -2.16. The highest BCUT2D eigenvalue weighted by molar-refractivity contribution is 7.12. The molecule has 2 nitrogen and oxygen atoms in total. The number of thiophene rings is 1. The number of benzene rings is 1. The lowest BCUT2D eigenvalue weighted by molar-refractivity contribution is 0.104. The highest BCUT2D eigenvalue weighted by atomic mass is 32.1. The summed E-state index contributed by atoms with van der Waals surface area (Å²) in [5.74, 6) is 1.02. The van der Waals surface area contributed by atoms with E-state index in [9.17, 15) is 4.79 Å². The van der Waals surface area contributed by atoms with Crippen LogP contribution in [0.2, 0.25) is 0 Å². The van der Waals surface area contributed by atoms with Gasteiger partial charge in [0.25, 0.3) is 0 Å². The van der Waals surface area contributed by atoms with E-state index in [2.05, 4.69) is 13.8 Å². The van der Waals surface area contributed by atoms with Gasteiger partial charge in [0.2, 0.25) is 5.78 Å². The lowest BCUT2D eigenvalue weighted by Crippen LogP contribution is -2.24. The molecule has 3 heteroatoms. The molecule has 98 valence electrons. The highest BCUT2D eigenvalue weighted by Crippen LogP contribution is 2.35. The summed E-state index contributed by atoms with van der Waals surface area (Å²) >= 11 is 1.50. The molecule has 0 N–H and O–H groups in total. The SMILES string of the molecule is Cc1ccsc1C(=O)c1ccc2c(c1)CC(C)(C)O2. The van der Waals surface area contributed by atoms with Crippen molar-refractivity contribution in [1.82, 2.24) is 0 Å². The number of hydrogen-bond donors (Lipinski definition) is 0. The van der Waals surface area contributed by atoms with Crippen LogP contribution in [0.5, 0.6) is 5.75 Å². The molecule has 19 heavy (non-hydrogen) atoms. The molecule has 0 unspecified atom stereocenters. The fraction of sp³-hybridized carbons (Fsp3) is 0.312. The maximum Gasteiger partial charge on any atom is 0.203 e. The largest absolute Gasteiger partial charge is 0.487 e. The van der Waals surface area contributed by atoms with Crippen LogP contribution in [0, 0.1) is 6.92 Å². The second-order valence-electron chi connectivity index (χ2n) is 5.62. The molecule has 0 saturated heterocycles. The predicted molar refractivity (Wildman–Crippen MR) is 77.3 cm³/mol. The summed E-state index contributed by atoms with van der Waals surface area (Å²) < 4.78 is 5.83. The molecule has 0 spiro atoms. The van der Waals surface area contributed by atoms with Crippen LogP contribution in [0.25, 0.3) is 0 Å². The minimum atomic E-state index is -0.164. The Hall–Kier alpha value is -1.61. The van der Waals surface area contributed by atoms with Gasteiger partial charge in [0.05, 0.1) is 4.88 Å². The Morgan fingerprint density at radius 2 is 2.11 bits per heavy atom. The van der Waals surface area contributed by atoms with Crippen LogP contribution in [0.4, 0.5) is 0 Å². The van der Waals surface area contributed by atoms with Gasteiger partial charge in [-0.25, -0.2) is 0 Å². The van der Waals surface area contributed by atoms with Crippen LogP contribution in [-0.4, -0.2) is 11.4 Å².